The molecule has 82 valence electrons. The van der Waals surface area contributed by atoms with E-state index in [1.165, 1.54) is 33.0 Å². The number of ether oxygens (including phenoxy) is 1. The molecule has 1 aliphatic rings. The average Bonchev–Trinajstić information content (AvgIpc) is 2.21. The van der Waals surface area contributed by atoms with E-state index in [-0.39, 0.29) is 5.97 Å². The summed E-state index contributed by atoms with van der Waals surface area (Å²) in [6, 6.07) is 0. The van der Waals surface area contributed by atoms with Crippen LogP contribution in [0.2, 0.25) is 0 Å². The lowest BCUT2D eigenvalue weighted by Gasteiger charge is -2.28. The molecule has 14 heavy (non-hydrogen) atoms. The Kier molecular flexibility index (Phi) is 4.90. The molecule has 0 radical (unpaired) electrons. The van der Waals surface area contributed by atoms with Gasteiger partial charge in [-0.05, 0) is 45.4 Å². The van der Waals surface area contributed by atoms with Crippen LogP contribution in [0, 0.1) is 5.92 Å². The number of nitrogens with zero attached hydrogens (tertiary/aromatic N) is 1. The van der Waals surface area contributed by atoms with E-state index < -0.39 is 0 Å². The van der Waals surface area contributed by atoms with Gasteiger partial charge in [0, 0.05) is 0 Å². The van der Waals surface area contributed by atoms with Crippen LogP contribution >= 0.6 is 0 Å². The average molecular weight is 200 g/mol. The summed E-state index contributed by atoms with van der Waals surface area (Å²) in [6.07, 6.45) is 2.45. The smallest absolute Gasteiger partial charge is 0.319 e. The maximum atomic E-state index is 10.8. The van der Waals surface area contributed by atoms with Crippen LogP contribution in [0.15, 0.2) is 0 Å². The molecule has 0 aliphatic carbocycles. The predicted molar refractivity (Wildman–Crippen MR) is 55.1 cm³/mol. The molecule has 0 aromatic carbocycles. The Labute approximate surface area is 85.6 Å². The molecule has 1 rings (SSSR count). The predicted octanol–water partition coefficient (Wildman–Crippen LogP) is 0.0908. The van der Waals surface area contributed by atoms with Crippen molar-refractivity contribution < 1.29 is 9.53 Å². The van der Waals surface area contributed by atoms with Gasteiger partial charge in [0.2, 0.25) is 0 Å². The molecule has 0 bridgehead atoms. The minimum absolute atomic E-state index is 0.182. The van der Waals surface area contributed by atoms with E-state index in [1.54, 1.807) is 0 Å². The zero-order chi connectivity index (χ0) is 10.4. The van der Waals surface area contributed by atoms with E-state index in [0.717, 1.165) is 12.5 Å². The highest BCUT2D eigenvalue weighted by atomic mass is 16.5. The van der Waals surface area contributed by atoms with E-state index in [4.69, 9.17) is 0 Å². The number of carbonyl (C=O) groups is 1. The van der Waals surface area contributed by atoms with Crippen molar-refractivity contribution in [2.24, 2.45) is 5.92 Å². The molecular weight excluding hydrogens is 180 g/mol. The molecule has 0 amide bonds. The molecular formula is C10H20N2O2. The van der Waals surface area contributed by atoms with E-state index in [1.807, 2.05) is 0 Å². The fourth-order valence-corrected chi connectivity index (χ4v) is 1.72. The summed E-state index contributed by atoms with van der Waals surface area (Å²) < 4.78 is 4.55. The molecule has 1 heterocycles. The number of nitrogens with one attached hydrogen (secondary N) is 1. The highest BCUT2D eigenvalue weighted by Gasteiger charge is 2.16. The summed E-state index contributed by atoms with van der Waals surface area (Å²) in [5.74, 6) is 0.536. The largest absolute Gasteiger partial charge is 0.468 e. The highest BCUT2D eigenvalue weighted by Crippen LogP contribution is 2.14. The van der Waals surface area contributed by atoms with Gasteiger partial charge in [-0.15, -0.1) is 0 Å². The van der Waals surface area contributed by atoms with Gasteiger partial charge >= 0.3 is 5.97 Å². The van der Waals surface area contributed by atoms with Crippen molar-refractivity contribution in [2.45, 2.75) is 12.8 Å². The van der Waals surface area contributed by atoms with E-state index in [0.29, 0.717) is 6.54 Å². The Bertz CT molecular complexity index is 177. The fraction of sp³-hybridized carbons (Fsp3) is 0.900. The fourth-order valence-electron chi connectivity index (χ4n) is 1.72. The summed E-state index contributed by atoms with van der Waals surface area (Å²) in [5.41, 5.74) is 0. The normalized spacial score (nSPS) is 19.6. The molecule has 0 aromatic rings. The Morgan fingerprint density at radius 3 is 2.71 bits per heavy atom. The molecule has 0 atom stereocenters. The van der Waals surface area contributed by atoms with Gasteiger partial charge in [0.15, 0.2) is 0 Å². The van der Waals surface area contributed by atoms with Crippen molar-refractivity contribution >= 4 is 5.97 Å². The first kappa shape index (κ1) is 11.5. The number of rotatable bonds is 4. The molecule has 0 spiro atoms. The van der Waals surface area contributed by atoms with Crippen molar-refractivity contribution in [1.82, 2.24) is 10.2 Å². The summed E-state index contributed by atoms with van der Waals surface area (Å²) in [7, 11) is 3.57. The molecule has 0 aromatic heterocycles. The van der Waals surface area contributed by atoms with Gasteiger partial charge in [-0.2, -0.15) is 0 Å². The van der Waals surface area contributed by atoms with Crippen LogP contribution in [0.25, 0.3) is 0 Å². The van der Waals surface area contributed by atoms with Crippen LogP contribution in [0.1, 0.15) is 12.8 Å². The van der Waals surface area contributed by atoms with Gasteiger partial charge in [-0.1, -0.05) is 0 Å². The maximum Gasteiger partial charge on any atom is 0.319 e. The van der Waals surface area contributed by atoms with Crippen molar-refractivity contribution in [3.63, 3.8) is 0 Å². The first-order chi connectivity index (χ1) is 6.72. The topological polar surface area (TPSA) is 41.6 Å². The number of hydrogen-bond donors (Lipinski definition) is 1. The third kappa shape index (κ3) is 4.07. The zero-order valence-electron chi connectivity index (χ0n) is 9.08. The first-order valence-electron chi connectivity index (χ1n) is 5.18. The Morgan fingerprint density at radius 1 is 1.50 bits per heavy atom. The lowest BCUT2D eigenvalue weighted by Crippen LogP contribution is -2.36. The molecule has 4 nitrogen and oxygen atoms in total. The van der Waals surface area contributed by atoms with Gasteiger partial charge in [0.05, 0.1) is 13.7 Å². The van der Waals surface area contributed by atoms with Crippen LogP contribution in [0.4, 0.5) is 0 Å². The van der Waals surface area contributed by atoms with E-state index >= 15 is 0 Å². The van der Waals surface area contributed by atoms with Crippen molar-refractivity contribution in [3.8, 4) is 0 Å². The molecule has 1 fully saturated rings. The van der Waals surface area contributed by atoms with Crippen LogP contribution in [0.3, 0.4) is 0 Å². The Morgan fingerprint density at radius 2 is 2.14 bits per heavy atom. The zero-order valence-corrected chi connectivity index (χ0v) is 9.08. The number of methoxy groups -OCH3 is 1. The van der Waals surface area contributed by atoms with Gasteiger partial charge in [0.1, 0.15) is 0 Å². The third-order valence-corrected chi connectivity index (χ3v) is 2.77. The van der Waals surface area contributed by atoms with Crippen LogP contribution in [-0.4, -0.2) is 51.2 Å². The molecule has 1 N–H and O–H groups in total. The number of likely N-dealkylation sites (tertiary alicyclic amines) is 1. The summed E-state index contributed by atoms with van der Waals surface area (Å²) in [4.78, 5) is 13.2. The second-order valence-electron chi connectivity index (χ2n) is 3.95. The minimum atomic E-state index is -0.182. The number of hydrogen-bond acceptors (Lipinski definition) is 4. The van der Waals surface area contributed by atoms with Crippen LogP contribution in [-0.2, 0) is 9.53 Å². The third-order valence-electron chi connectivity index (χ3n) is 2.77. The molecule has 4 heteroatoms. The SMILES string of the molecule is COC(=O)CNCC1CCN(C)CC1. The Balaban J connectivity index is 2.04. The second-order valence-corrected chi connectivity index (χ2v) is 3.95. The second kappa shape index (κ2) is 5.98. The molecule has 0 saturated carbocycles. The lowest BCUT2D eigenvalue weighted by molar-refractivity contribution is -0.139. The standard InChI is InChI=1S/C10H20N2O2/c1-12-5-3-9(4-6-12)7-11-8-10(13)14-2/h9,11H,3-8H2,1-2H3. The quantitative estimate of drug-likeness (QED) is 0.653. The highest BCUT2D eigenvalue weighted by molar-refractivity contribution is 5.71. The maximum absolute atomic E-state index is 10.8. The summed E-state index contributed by atoms with van der Waals surface area (Å²) >= 11 is 0. The van der Waals surface area contributed by atoms with Gasteiger partial charge in [0.25, 0.3) is 0 Å². The van der Waals surface area contributed by atoms with Gasteiger partial charge < -0.3 is 15.0 Å². The van der Waals surface area contributed by atoms with Gasteiger partial charge in [-0.3, -0.25) is 4.79 Å². The van der Waals surface area contributed by atoms with Crippen LogP contribution in [0.5, 0.6) is 0 Å². The summed E-state index contributed by atoms with van der Waals surface area (Å²) in [5, 5.41) is 3.13. The molecule has 1 aliphatic heterocycles. The monoisotopic (exact) mass is 200 g/mol. The van der Waals surface area contributed by atoms with Crippen LogP contribution < -0.4 is 5.32 Å². The minimum Gasteiger partial charge on any atom is -0.468 e. The van der Waals surface area contributed by atoms with Crippen molar-refractivity contribution in [3.05, 3.63) is 0 Å². The number of piperidine rings is 1. The van der Waals surface area contributed by atoms with E-state index in [2.05, 4.69) is 22.0 Å². The molecule has 0 unspecified atom stereocenters. The lowest BCUT2D eigenvalue weighted by atomic mass is 9.97. The summed E-state index contributed by atoms with van der Waals surface area (Å²) in [6.45, 7) is 3.61. The van der Waals surface area contributed by atoms with Gasteiger partial charge in [-0.25, -0.2) is 0 Å². The van der Waals surface area contributed by atoms with Crippen molar-refractivity contribution in [2.75, 3.05) is 40.3 Å². The van der Waals surface area contributed by atoms with E-state index in [9.17, 15) is 4.79 Å². The number of carbonyl (C=O) groups excluding carboxylic acids is 1. The first-order valence-corrected chi connectivity index (χ1v) is 5.18. The number of esters is 1. The van der Waals surface area contributed by atoms with Crippen molar-refractivity contribution in [1.29, 1.82) is 0 Å². The Hall–Kier alpha value is -0.610. The molecule has 1 saturated heterocycles.